The van der Waals surface area contributed by atoms with E-state index in [4.69, 9.17) is 16.3 Å². The van der Waals surface area contributed by atoms with Gasteiger partial charge in [-0.15, -0.1) is 0 Å². The molecule has 0 saturated carbocycles. The molecule has 29 heavy (non-hydrogen) atoms. The molecule has 0 fully saturated rings. The van der Waals surface area contributed by atoms with E-state index >= 15 is 0 Å². The van der Waals surface area contributed by atoms with Crippen molar-refractivity contribution in [2.75, 3.05) is 12.4 Å². The minimum Gasteiger partial charge on any atom is -0.495 e. The Kier molecular flexibility index (Phi) is 5.96. The highest BCUT2D eigenvalue weighted by Crippen LogP contribution is 2.31. The normalized spacial score (nSPS) is 11.1. The SMILES string of the molecule is COc1cc(Cl)c(C)cc1NC(=O)C(C#N)=Cc1cn(C)nc1-c1ccncc1. The molecule has 3 aromatic rings. The summed E-state index contributed by atoms with van der Waals surface area (Å²) in [5.41, 5.74) is 3.26. The summed E-state index contributed by atoms with van der Waals surface area (Å²) in [6.45, 7) is 1.81. The van der Waals surface area contributed by atoms with Crippen LogP contribution in [0.4, 0.5) is 5.69 Å². The molecule has 0 spiro atoms. The van der Waals surface area contributed by atoms with Crippen molar-refractivity contribution in [1.82, 2.24) is 14.8 Å². The number of halogens is 1. The van der Waals surface area contributed by atoms with Crippen LogP contribution in [0.3, 0.4) is 0 Å². The van der Waals surface area contributed by atoms with Crippen molar-refractivity contribution in [1.29, 1.82) is 5.26 Å². The number of nitrogens with zero attached hydrogens (tertiary/aromatic N) is 4. The number of ether oxygens (including phenoxy) is 1. The molecule has 7 nitrogen and oxygen atoms in total. The minimum absolute atomic E-state index is 0.0667. The largest absolute Gasteiger partial charge is 0.495 e. The predicted octanol–water partition coefficient (Wildman–Crippen LogP) is 4.00. The third-order valence-corrected chi connectivity index (χ3v) is 4.61. The summed E-state index contributed by atoms with van der Waals surface area (Å²) in [6.07, 6.45) is 6.57. The third kappa shape index (κ3) is 4.45. The van der Waals surface area contributed by atoms with Gasteiger partial charge in [0.05, 0.1) is 18.5 Å². The summed E-state index contributed by atoms with van der Waals surface area (Å²) in [5.74, 6) is -0.151. The van der Waals surface area contributed by atoms with Crippen LogP contribution in [0.5, 0.6) is 5.75 Å². The van der Waals surface area contributed by atoms with E-state index in [1.807, 2.05) is 25.1 Å². The monoisotopic (exact) mass is 407 g/mol. The Morgan fingerprint density at radius 2 is 2.07 bits per heavy atom. The Labute approximate surface area is 173 Å². The van der Waals surface area contributed by atoms with Crippen molar-refractivity contribution in [3.63, 3.8) is 0 Å². The number of aryl methyl sites for hydroxylation is 2. The van der Waals surface area contributed by atoms with Gasteiger partial charge >= 0.3 is 0 Å². The van der Waals surface area contributed by atoms with E-state index in [1.54, 1.807) is 42.5 Å². The van der Waals surface area contributed by atoms with Gasteiger partial charge in [-0.25, -0.2) is 0 Å². The molecule has 1 aromatic carbocycles. The zero-order valence-corrected chi connectivity index (χ0v) is 16.9. The first-order chi connectivity index (χ1) is 13.9. The number of carbonyl (C=O) groups excluding carboxylic acids is 1. The lowest BCUT2D eigenvalue weighted by molar-refractivity contribution is -0.112. The fourth-order valence-corrected chi connectivity index (χ4v) is 2.92. The molecule has 0 bridgehead atoms. The van der Waals surface area contributed by atoms with Crippen LogP contribution < -0.4 is 10.1 Å². The molecule has 2 aromatic heterocycles. The minimum atomic E-state index is -0.558. The van der Waals surface area contributed by atoms with E-state index in [0.29, 0.717) is 27.7 Å². The number of hydrogen-bond acceptors (Lipinski definition) is 5. The maximum atomic E-state index is 12.7. The standard InChI is InChI=1S/C21H18ClN5O2/c1-13-8-18(19(29-3)10-17(13)22)25-21(28)15(11-23)9-16-12-27(2)26-20(16)14-4-6-24-7-5-14/h4-10,12H,1-3H3,(H,25,28). The number of methoxy groups -OCH3 is 1. The van der Waals surface area contributed by atoms with E-state index < -0.39 is 5.91 Å². The number of nitrogens with one attached hydrogen (secondary N) is 1. The molecule has 0 saturated heterocycles. The van der Waals surface area contributed by atoms with Crippen molar-refractivity contribution < 1.29 is 9.53 Å². The highest BCUT2D eigenvalue weighted by atomic mass is 35.5. The summed E-state index contributed by atoms with van der Waals surface area (Å²) >= 11 is 6.11. The number of hydrogen-bond donors (Lipinski definition) is 1. The van der Waals surface area contributed by atoms with Crippen LogP contribution in [0.25, 0.3) is 17.3 Å². The Bertz CT molecular complexity index is 1130. The maximum Gasteiger partial charge on any atom is 0.266 e. The molecule has 2 heterocycles. The lowest BCUT2D eigenvalue weighted by atomic mass is 10.1. The highest BCUT2D eigenvalue weighted by molar-refractivity contribution is 6.31. The summed E-state index contributed by atoms with van der Waals surface area (Å²) in [4.78, 5) is 16.7. The molecule has 1 N–H and O–H groups in total. The Balaban J connectivity index is 1.95. The molecule has 0 aliphatic rings. The molecule has 0 aliphatic heterocycles. The molecule has 146 valence electrons. The first-order valence-corrected chi connectivity index (χ1v) is 9.02. The van der Waals surface area contributed by atoms with Crippen molar-refractivity contribution in [3.8, 4) is 23.1 Å². The fourth-order valence-electron chi connectivity index (χ4n) is 2.77. The lowest BCUT2D eigenvalue weighted by Crippen LogP contribution is -2.14. The Hall–Kier alpha value is -3.63. The molecular formula is C21H18ClN5O2. The molecular weight excluding hydrogens is 390 g/mol. The van der Waals surface area contributed by atoms with Gasteiger partial charge in [-0.3, -0.25) is 14.5 Å². The van der Waals surface area contributed by atoms with Gasteiger partial charge in [0.25, 0.3) is 5.91 Å². The Morgan fingerprint density at radius 1 is 1.34 bits per heavy atom. The quantitative estimate of drug-likeness (QED) is 0.509. The summed E-state index contributed by atoms with van der Waals surface area (Å²) in [6, 6.07) is 8.89. The van der Waals surface area contributed by atoms with Gasteiger partial charge in [0.2, 0.25) is 0 Å². The van der Waals surface area contributed by atoms with Gasteiger partial charge in [-0.05, 0) is 36.8 Å². The van der Waals surface area contributed by atoms with Gasteiger partial charge in [0.15, 0.2) is 0 Å². The highest BCUT2D eigenvalue weighted by Gasteiger charge is 2.16. The van der Waals surface area contributed by atoms with Crippen molar-refractivity contribution in [2.24, 2.45) is 7.05 Å². The van der Waals surface area contributed by atoms with Crippen LogP contribution in [0.1, 0.15) is 11.1 Å². The number of amides is 1. The zero-order chi connectivity index (χ0) is 21.0. The fraction of sp³-hybridized carbons (Fsp3) is 0.143. The topological polar surface area (TPSA) is 92.8 Å². The number of nitriles is 1. The van der Waals surface area contributed by atoms with Gasteiger partial charge in [0.1, 0.15) is 17.4 Å². The van der Waals surface area contributed by atoms with E-state index in [-0.39, 0.29) is 5.57 Å². The second kappa shape index (κ2) is 8.59. The first kappa shape index (κ1) is 20.1. The number of benzene rings is 1. The van der Waals surface area contributed by atoms with Crippen molar-refractivity contribution >= 4 is 29.3 Å². The number of pyridine rings is 1. The van der Waals surface area contributed by atoms with E-state index in [9.17, 15) is 10.1 Å². The Morgan fingerprint density at radius 3 is 2.72 bits per heavy atom. The van der Waals surface area contributed by atoms with Gasteiger partial charge < -0.3 is 10.1 Å². The molecule has 0 aliphatic carbocycles. The van der Waals surface area contributed by atoms with Crippen LogP contribution in [0, 0.1) is 18.3 Å². The molecule has 0 unspecified atom stereocenters. The number of rotatable bonds is 5. The van der Waals surface area contributed by atoms with Crippen LogP contribution in [0.15, 0.2) is 48.4 Å². The zero-order valence-electron chi connectivity index (χ0n) is 16.1. The smallest absolute Gasteiger partial charge is 0.266 e. The average Bonchev–Trinajstić information content (AvgIpc) is 3.09. The summed E-state index contributed by atoms with van der Waals surface area (Å²) in [5, 5.41) is 17.2. The van der Waals surface area contributed by atoms with Crippen molar-refractivity contribution in [3.05, 3.63) is 64.6 Å². The van der Waals surface area contributed by atoms with E-state index in [1.165, 1.54) is 13.2 Å². The van der Waals surface area contributed by atoms with Crippen LogP contribution in [-0.4, -0.2) is 27.8 Å². The van der Waals surface area contributed by atoms with Crippen LogP contribution in [0.2, 0.25) is 5.02 Å². The molecule has 1 amide bonds. The van der Waals surface area contributed by atoms with Gasteiger partial charge in [0, 0.05) is 47.9 Å². The molecule has 3 rings (SSSR count). The third-order valence-electron chi connectivity index (χ3n) is 4.20. The van der Waals surface area contributed by atoms with Gasteiger partial charge in [-0.1, -0.05) is 11.6 Å². The van der Waals surface area contributed by atoms with Crippen molar-refractivity contribution in [2.45, 2.75) is 6.92 Å². The molecule has 0 atom stereocenters. The number of aromatic nitrogens is 3. The van der Waals surface area contributed by atoms with Crippen LogP contribution >= 0.6 is 11.6 Å². The van der Waals surface area contributed by atoms with E-state index in [2.05, 4.69) is 15.4 Å². The van der Waals surface area contributed by atoms with Crippen LogP contribution in [-0.2, 0) is 11.8 Å². The summed E-state index contributed by atoms with van der Waals surface area (Å²) < 4.78 is 6.90. The van der Waals surface area contributed by atoms with E-state index in [0.717, 1.165) is 11.1 Å². The number of carbonyl (C=O) groups is 1. The van der Waals surface area contributed by atoms with Gasteiger partial charge in [-0.2, -0.15) is 10.4 Å². The maximum absolute atomic E-state index is 12.7. The second-order valence-corrected chi connectivity index (χ2v) is 6.68. The summed E-state index contributed by atoms with van der Waals surface area (Å²) in [7, 11) is 3.25. The number of anilines is 1. The predicted molar refractivity (Wildman–Crippen MR) is 111 cm³/mol. The first-order valence-electron chi connectivity index (χ1n) is 8.64. The molecule has 0 radical (unpaired) electrons. The lowest BCUT2D eigenvalue weighted by Gasteiger charge is -2.12. The molecule has 8 heteroatoms. The average molecular weight is 408 g/mol. The second-order valence-electron chi connectivity index (χ2n) is 6.27.